The van der Waals surface area contributed by atoms with Crippen molar-refractivity contribution in [2.24, 2.45) is 0 Å². The summed E-state index contributed by atoms with van der Waals surface area (Å²) < 4.78 is 19.1. The number of aryl methyl sites for hydroxylation is 1. The van der Waals surface area contributed by atoms with Gasteiger partial charge in [0.05, 0.1) is 23.0 Å². The van der Waals surface area contributed by atoms with Gasteiger partial charge in [-0.15, -0.1) is 0 Å². The number of aromatic nitrogens is 2. The number of fused-ring (bicyclic) bond motifs is 1. The first kappa shape index (κ1) is 33.1. The molecule has 6 rings (SSSR count). The molecule has 0 unspecified atom stereocenters. The van der Waals surface area contributed by atoms with Gasteiger partial charge in [-0.3, -0.25) is 4.90 Å². The third-order valence-corrected chi connectivity index (χ3v) is 11.1. The fourth-order valence-electron chi connectivity index (χ4n) is 6.50. The van der Waals surface area contributed by atoms with Crippen molar-refractivity contribution in [2.45, 2.75) is 51.3 Å². The minimum Gasteiger partial charge on any atom is -0.494 e. The van der Waals surface area contributed by atoms with Gasteiger partial charge in [-0.25, -0.2) is 4.98 Å². The molecule has 12 heteroatoms. The lowest BCUT2D eigenvalue weighted by Gasteiger charge is -2.49. The monoisotopic (exact) mass is 711 g/mol. The molecule has 0 radical (unpaired) electrons. The van der Waals surface area contributed by atoms with E-state index >= 15 is 0 Å². The number of benzene rings is 2. The third kappa shape index (κ3) is 6.89. The van der Waals surface area contributed by atoms with Crippen molar-refractivity contribution < 1.29 is 14.2 Å². The van der Waals surface area contributed by atoms with E-state index in [1.54, 1.807) is 13.3 Å². The van der Waals surface area contributed by atoms with Crippen LogP contribution < -0.4 is 35.0 Å². The van der Waals surface area contributed by atoms with Crippen LogP contribution >= 0.6 is 23.9 Å². The van der Waals surface area contributed by atoms with Gasteiger partial charge in [0.2, 0.25) is 5.95 Å². The zero-order chi connectivity index (χ0) is 32.7. The Labute approximate surface area is 283 Å². The van der Waals surface area contributed by atoms with E-state index in [4.69, 9.17) is 19.2 Å². The fraction of sp³-hybridized carbons (Fsp3) is 0.529. The van der Waals surface area contributed by atoms with Crippen molar-refractivity contribution in [3.8, 4) is 17.2 Å². The molecule has 0 saturated carbocycles. The molecule has 3 aliphatic rings. The molecule has 2 fully saturated rings. The van der Waals surface area contributed by atoms with E-state index in [0.29, 0.717) is 30.5 Å². The zero-order valence-electron chi connectivity index (χ0n) is 28.3. The number of halogens is 1. The van der Waals surface area contributed by atoms with Gasteiger partial charge in [0.15, 0.2) is 11.5 Å². The summed E-state index contributed by atoms with van der Waals surface area (Å²) in [5.41, 5.74) is 3.78. The second kappa shape index (κ2) is 13.3. The zero-order valence-corrected chi connectivity index (χ0v) is 30.8. The Morgan fingerprint density at radius 2 is 1.83 bits per heavy atom. The van der Waals surface area contributed by atoms with Crippen LogP contribution in [-0.4, -0.2) is 105 Å². The molecule has 2 saturated heterocycles. The Kier molecular flexibility index (Phi) is 9.59. The number of anilines is 5. The van der Waals surface area contributed by atoms with Crippen LogP contribution in [0.1, 0.15) is 32.3 Å². The average molecular weight is 713 g/mol. The summed E-state index contributed by atoms with van der Waals surface area (Å²) in [7, 11) is 5.56. The summed E-state index contributed by atoms with van der Waals surface area (Å²) >= 11 is 3.65. The predicted molar refractivity (Wildman–Crippen MR) is 193 cm³/mol. The highest BCUT2D eigenvalue weighted by molar-refractivity contribution is 9.10. The molecule has 4 heterocycles. The first-order valence-electron chi connectivity index (χ1n) is 16.0. The molecule has 2 N–H and O–H groups in total. The van der Waals surface area contributed by atoms with Crippen molar-refractivity contribution in [1.29, 1.82) is 0 Å². The number of ether oxygens (including phenoxy) is 3. The van der Waals surface area contributed by atoms with Crippen LogP contribution in [0.25, 0.3) is 0 Å². The van der Waals surface area contributed by atoms with Crippen LogP contribution in [0, 0.1) is 6.92 Å². The molecule has 1 aromatic heterocycles. The van der Waals surface area contributed by atoms with Gasteiger partial charge in [-0.1, -0.05) is 7.92 Å². The second-order valence-electron chi connectivity index (χ2n) is 13.6. The number of likely N-dealkylation sites (tertiary alicyclic amines) is 1. The normalized spacial score (nSPS) is 18.5. The number of nitrogens with one attached hydrogen (secondary N) is 2. The van der Waals surface area contributed by atoms with Crippen molar-refractivity contribution in [3.63, 3.8) is 0 Å². The number of nitrogens with zero attached hydrogens (tertiary/aromatic N) is 5. The van der Waals surface area contributed by atoms with Crippen LogP contribution in [-0.2, 0) is 0 Å². The Morgan fingerprint density at radius 3 is 2.50 bits per heavy atom. The molecule has 0 aliphatic carbocycles. The van der Waals surface area contributed by atoms with Gasteiger partial charge in [-0.2, -0.15) is 4.98 Å². The quantitative estimate of drug-likeness (QED) is 0.251. The molecule has 0 spiro atoms. The fourth-order valence-corrected chi connectivity index (χ4v) is 7.96. The Bertz CT molecular complexity index is 1570. The van der Waals surface area contributed by atoms with E-state index in [9.17, 15) is 0 Å². The molecule has 3 aromatic rings. The molecular weight excluding hydrogens is 665 g/mol. The van der Waals surface area contributed by atoms with Crippen LogP contribution in [0.2, 0.25) is 0 Å². The molecular formula is C34H47BrN7O3P. The van der Waals surface area contributed by atoms with Gasteiger partial charge in [-0.05, 0) is 101 Å². The van der Waals surface area contributed by atoms with Gasteiger partial charge < -0.3 is 34.6 Å². The van der Waals surface area contributed by atoms with E-state index in [-0.39, 0.29) is 0 Å². The number of hydrogen-bond acceptors (Lipinski definition) is 10. The summed E-state index contributed by atoms with van der Waals surface area (Å²) in [4.78, 5) is 16.9. The largest absolute Gasteiger partial charge is 0.494 e. The van der Waals surface area contributed by atoms with E-state index in [1.807, 2.05) is 26.0 Å². The molecule has 2 aromatic carbocycles. The molecule has 46 heavy (non-hydrogen) atoms. The number of likely N-dealkylation sites (N-methyl/N-ethyl adjacent to an activating group) is 1. The topological polar surface area (TPSA) is 87.3 Å². The Hall–Kier alpha value is -2.85. The summed E-state index contributed by atoms with van der Waals surface area (Å²) in [6, 6.07) is 9.67. The SMILES string of the molecule is COc1cc(N2CCC(N3CC(N(C)C)C3)CC2)c(C)cc1Nc1ncc(Br)c(Nc2ccc3c(c2P(C)C)OC(C)(C)CO3)n1. The summed E-state index contributed by atoms with van der Waals surface area (Å²) in [6.07, 6.45) is 4.13. The highest BCUT2D eigenvalue weighted by Gasteiger charge is 2.35. The van der Waals surface area contributed by atoms with E-state index in [0.717, 1.165) is 51.5 Å². The lowest BCUT2D eigenvalue weighted by molar-refractivity contribution is 0.0188. The number of hydrogen-bond donors (Lipinski definition) is 2. The standard InChI is InChI=1S/C34H47BrN7O3P/c1-21-15-26(29(43-6)16-27(21)41-13-11-22(12-14-41)42-18-23(19-42)40(4)5)38-33-36-17-24(35)32(39-33)37-25-9-10-28-30(31(25)46(7)8)45-34(2,3)20-44-28/h9-10,15-17,22-23H,11-14,18-20H2,1-8H3,(H2,36,37,38,39). The van der Waals surface area contributed by atoms with Gasteiger partial charge in [0.25, 0.3) is 0 Å². The number of piperidine rings is 1. The van der Waals surface area contributed by atoms with Crippen LogP contribution in [0.4, 0.5) is 28.8 Å². The maximum absolute atomic E-state index is 6.42. The first-order valence-corrected chi connectivity index (χ1v) is 19.0. The minimum absolute atomic E-state index is 0.397. The van der Waals surface area contributed by atoms with Crippen LogP contribution in [0.5, 0.6) is 17.2 Å². The maximum atomic E-state index is 6.42. The van der Waals surface area contributed by atoms with Gasteiger partial charge in [0, 0.05) is 61.5 Å². The highest BCUT2D eigenvalue weighted by atomic mass is 79.9. The Morgan fingerprint density at radius 1 is 1.09 bits per heavy atom. The van der Waals surface area contributed by atoms with Crippen LogP contribution in [0.3, 0.4) is 0 Å². The molecule has 248 valence electrons. The van der Waals surface area contributed by atoms with Crippen molar-refractivity contribution in [2.75, 3.05) is 82.9 Å². The second-order valence-corrected chi connectivity index (χ2v) is 16.7. The number of methoxy groups -OCH3 is 1. The summed E-state index contributed by atoms with van der Waals surface area (Å²) in [5.74, 6) is 3.48. The van der Waals surface area contributed by atoms with Crippen molar-refractivity contribution >= 4 is 58.0 Å². The lowest BCUT2D eigenvalue weighted by atomic mass is 9.96. The van der Waals surface area contributed by atoms with Crippen molar-refractivity contribution in [3.05, 3.63) is 40.5 Å². The van der Waals surface area contributed by atoms with E-state index < -0.39 is 13.5 Å². The Balaban J connectivity index is 1.18. The summed E-state index contributed by atoms with van der Waals surface area (Å²) in [6.45, 7) is 15.7. The van der Waals surface area contributed by atoms with Crippen LogP contribution in [0.15, 0.2) is 34.9 Å². The third-order valence-electron chi connectivity index (χ3n) is 9.20. The predicted octanol–water partition coefficient (Wildman–Crippen LogP) is 6.17. The minimum atomic E-state index is -0.520. The van der Waals surface area contributed by atoms with Crippen molar-refractivity contribution in [1.82, 2.24) is 19.8 Å². The highest BCUT2D eigenvalue weighted by Crippen LogP contribution is 2.44. The first-order chi connectivity index (χ1) is 21.9. The van der Waals surface area contributed by atoms with Gasteiger partial charge >= 0.3 is 0 Å². The number of rotatable bonds is 9. The summed E-state index contributed by atoms with van der Waals surface area (Å²) in [5, 5.41) is 8.07. The molecule has 10 nitrogen and oxygen atoms in total. The lowest BCUT2D eigenvalue weighted by Crippen LogP contribution is -2.62. The van der Waals surface area contributed by atoms with Gasteiger partial charge in [0.1, 0.15) is 23.8 Å². The smallest absolute Gasteiger partial charge is 0.229 e. The maximum Gasteiger partial charge on any atom is 0.229 e. The molecule has 0 bridgehead atoms. The van der Waals surface area contributed by atoms with E-state index in [1.165, 1.54) is 37.2 Å². The molecule has 3 aliphatic heterocycles. The molecule has 0 amide bonds. The average Bonchev–Trinajstić information content (AvgIpc) is 2.97. The molecule has 0 atom stereocenters. The van der Waals surface area contributed by atoms with E-state index in [2.05, 4.69) is 92.7 Å².